The summed E-state index contributed by atoms with van der Waals surface area (Å²) in [5.41, 5.74) is 11.1. The van der Waals surface area contributed by atoms with Crippen molar-refractivity contribution in [1.29, 1.82) is 0 Å². The van der Waals surface area contributed by atoms with Crippen LogP contribution in [0.2, 0.25) is 5.02 Å². The number of halogens is 1. The van der Waals surface area contributed by atoms with Crippen LogP contribution in [0.5, 0.6) is 11.5 Å². The Bertz CT molecular complexity index is 1600. The number of fused-ring (bicyclic) bond motifs is 1. The number of nitrogens with one attached hydrogen (secondary N) is 1. The maximum atomic E-state index is 13.2. The smallest absolute Gasteiger partial charge is 0.263 e. The molecule has 0 atom stereocenters. The number of methoxy groups -OCH3 is 2. The lowest BCUT2D eigenvalue weighted by atomic mass is 9.98. The van der Waals surface area contributed by atoms with E-state index in [-0.39, 0.29) is 12.5 Å². The van der Waals surface area contributed by atoms with Crippen molar-refractivity contribution in [2.75, 3.05) is 20.0 Å². The number of hydrogen-bond donors (Lipinski definition) is 2. The third kappa shape index (κ3) is 4.71. The molecule has 0 radical (unpaired) electrons. The second-order valence-electron chi connectivity index (χ2n) is 8.26. The highest BCUT2D eigenvalue weighted by Crippen LogP contribution is 2.46. The molecule has 3 N–H and O–H groups in total. The van der Waals surface area contributed by atoms with Crippen molar-refractivity contribution in [3.05, 3.63) is 94.3 Å². The first-order valence-corrected chi connectivity index (χ1v) is 12.7. The molecule has 0 aliphatic carbocycles. The van der Waals surface area contributed by atoms with E-state index in [4.69, 9.17) is 31.8 Å². The number of amides is 1. The average Bonchev–Trinajstić information content (AvgIpc) is 3.28. The number of nitrogens with two attached hydrogens (primary N) is 1. The average molecular weight is 530 g/mol. The first kappa shape index (κ1) is 24.6. The minimum absolute atomic E-state index is 0.283. The third-order valence-corrected chi connectivity index (χ3v) is 7.53. The van der Waals surface area contributed by atoms with Crippen molar-refractivity contribution in [1.82, 2.24) is 10.3 Å². The lowest BCUT2D eigenvalue weighted by molar-refractivity contribution is 0.0956. The summed E-state index contributed by atoms with van der Waals surface area (Å²) in [5, 5.41) is 4.22. The maximum Gasteiger partial charge on any atom is 0.263 e. The Hall–Kier alpha value is -4.07. The SMILES string of the molecule is COc1cccc(-c2cc(-c3ccccc3)nc3sc(C(=O)NCc4ccccc4Cl)c(N)c23)c1OC. The summed E-state index contributed by atoms with van der Waals surface area (Å²) < 4.78 is 11.3. The second kappa shape index (κ2) is 10.5. The fourth-order valence-electron chi connectivity index (χ4n) is 4.26. The van der Waals surface area contributed by atoms with Gasteiger partial charge in [-0.15, -0.1) is 11.3 Å². The van der Waals surface area contributed by atoms with Gasteiger partial charge < -0.3 is 20.5 Å². The molecule has 6 nitrogen and oxygen atoms in total. The standard InChI is InChI=1S/C29H24ClN3O3S/c1-35-23-14-8-12-19(26(23)36-2)20-15-22(17-9-4-3-5-10-17)33-29-24(20)25(31)27(37-29)28(34)32-16-18-11-6-7-13-21(18)30/h3-15H,16,31H2,1-2H3,(H,32,34). The molecule has 0 fully saturated rings. The monoisotopic (exact) mass is 529 g/mol. The molecule has 0 saturated carbocycles. The van der Waals surface area contributed by atoms with Gasteiger partial charge in [-0.3, -0.25) is 4.79 Å². The molecule has 3 aromatic carbocycles. The zero-order valence-corrected chi connectivity index (χ0v) is 21.8. The summed E-state index contributed by atoms with van der Waals surface area (Å²) in [7, 11) is 3.20. The van der Waals surface area contributed by atoms with Crippen molar-refractivity contribution in [2.24, 2.45) is 0 Å². The number of nitrogens with zero attached hydrogens (tertiary/aromatic N) is 1. The van der Waals surface area contributed by atoms with E-state index in [1.807, 2.05) is 72.8 Å². The van der Waals surface area contributed by atoms with E-state index in [0.717, 1.165) is 27.9 Å². The highest BCUT2D eigenvalue weighted by atomic mass is 35.5. The van der Waals surface area contributed by atoms with Gasteiger partial charge in [0.05, 0.1) is 25.6 Å². The van der Waals surface area contributed by atoms with E-state index < -0.39 is 0 Å². The molecule has 8 heteroatoms. The van der Waals surface area contributed by atoms with Gasteiger partial charge in [0.15, 0.2) is 11.5 Å². The molecular formula is C29H24ClN3O3S. The van der Waals surface area contributed by atoms with Gasteiger partial charge in [0.2, 0.25) is 0 Å². The van der Waals surface area contributed by atoms with Crippen molar-refractivity contribution < 1.29 is 14.3 Å². The van der Waals surface area contributed by atoms with Crippen LogP contribution in [0.4, 0.5) is 5.69 Å². The molecule has 5 rings (SSSR count). The van der Waals surface area contributed by atoms with Crippen LogP contribution in [0.25, 0.3) is 32.6 Å². The van der Waals surface area contributed by atoms with Gasteiger partial charge in [0, 0.05) is 33.6 Å². The highest BCUT2D eigenvalue weighted by Gasteiger charge is 2.24. The molecule has 0 spiro atoms. The summed E-state index contributed by atoms with van der Waals surface area (Å²) in [6, 6.07) is 24.9. The molecule has 0 unspecified atom stereocenters. The summed E-state index contributed by atoms with van der Waals surface area (Å²) in [5.74, 6) is 0.884. The molecule has 2 aromatic heterocycles. The van der Waals surface area contributed by atoms with Crippen LogP contribution in [0.15, 0.2) is 78.9 Å². The van der Waals surface area contributed by atoms with Crippen LogP contribution in [0.1, 0.15) is 15.2 Å². The molecule has 2 heterocycles. The first-order valence-electron chi connectivity index (χ1n) is 11.5. The Morgan fingerprint density at radius 2 is 1.73 bits per heavy atom. The van der Waals surface area contributed by atoms with Gasteiger partial charge in [-0.25, -0.2) is 4.98 Å². The number of benzene rings is 3. The summed E-state index contributed by atoms with van der Waals surface area (Å²) >= 11 is 7.52. The van der Waals surface area contributed by atoms with E-state index in [2.05, 4.69) is 5.32 Å². The predicted octanol–water partition coefficient (Wildman–Crippen LogP) is 6.81. The number of carbonyl (C=O) groups is 1. The van der Waals surface area contributed by atoms with Crippen LogP contribution in [0, 0.1) is 0 Å². The van der Waals surface area contributed by atoms with Gasteiger partial charge in [0.1, 0.15) is 9.71 Å². The Labute approximate surface area is 223 Å². The van der Waals surface area contributed by atoms with Crippen LogP contribution in [-0.4, -0.2) is 25.1 Å². The quantitative estimate of drug-likeness (QED) is 0.242. The Balaban J connectivity index is 1.66. The number of nitrogen functional groups attached to an aromatic ring is 1. The number of anilines is 1. The van der Waals surface area contributed by atoms with Crippen LogP contribution >= 0.6 is 22.9 Å². The maximum absolute atomic E-state index is 13.2. The number of hydrogen-bond acceptors (Lipinski definition) is 6. The number of aromatic nitrogens is 1. The predicted molar refractivity (Wildman–Crippen MR) is 151 cm³/mol. The fourth-order valence-corrected chi connectivity index (χ4v) is 5.49. The van der Waals surface area contributed by atoms with Gasteiger partial charge in [-0.05, 0) is 23.8 Å². The molecule has 0 aliphatic rings. The van der Waals surface area contributed by atoms with Crippen LogP contribution in [0.3, 0.4) is 0 Å². The minimum Gasteiger partial charge on any atom is -0.493 e. The van der Waals surface area contributed by atoms with Crippen molar-refractivity contribution >= 4 is 44.7 Å². The largest absolute Gasteiger partial charge is 0.493 e. The van der Waals surface area contributed by atoms with Gasteiger partial charge in [-0.1, -0.05) is 72.3 Å². The fraction of sp³-hybridized carbons (Fsp3) is 0.103. The topological polar surface area (TPSA) is 86.5 Å². The molecule has 1 amide bonds. The van der Waals surface area contributed by atoms with Crippen molar-refractivity contribution in [3.63, 3.8) is 0 Å². The lowest BCUT2D eigenvalue weighted by Gasteiger charge is -2.15. The first-order chi connectivity index (χ1) is 18.0. The number of para-hydroxylation sites is 1. The molecule has 0 saturated heterocycles. The molecule has 37 heavy (non-hydrogen) atoms. The molecule has 186 valence electrons. The molecule has 0 aliphatic heterocycles. The van der Waals surface area contributed by atoms with Crippen molar-refractivity contribution in [3.8, 4) is 33.9 Å². The van der Waals surface area contributed by atoms with E-state index in [9.17, 15) is 4.79 Å². The van der Waals surface area contributed by atoms with Crippen molar-refractivity contribution in [2.45, 2.75) is 6.54 Å². The highest BCUT2D eigenvalue weighted by molar-refractivity contribution is 7.21. The van der Waals surface area contributed by atoms with Crippen LogP contribution in [-0.2, 0) is 6.54 Å². The van der Waals surface area contributed by atoms with E-state index in [1.54, 1.807) is 20.3 Å². The normalized spacial score (nSPS) is 10.9. The Morgan fingerprint density at radius 3 is 2.46 bits per heavy atom. The number of ether oxygens (including phenoxy) is 2. The number of pyridine rings is 1. The third-order valence-electron chi connectivity index (χ3n) is 6.07. The number of rotatable bonds is 7. The van der Waals surface area contributed by atoms with Gasteiger partial charge in [0.25, 0.3) is 5.91 Å². The van der Waals surface area contributed by atoms with Gasteiger partial charge >= 0.3 is 0 Å². The minimum atomic E-state index is -0.287. The number of carbonyl (C=O) groups excluding carboxylic acids is 1. The Kier molecular flexibility index (Phi) is 6.99. The van der Waals surface area contributed by atoms with Gasteiger partial charge in [-0.2, -0.15) is 0 Å². The summed E-state index contributed by atoms with van der Waals surface area (Å²) in [4.78, 5) is 19.2. The zero-order chi connectivity index (χ0) is 25.9. The zero-order valence-electron chi connectivity index (χ0n) is 20.2. The summed E-state index contributed by atoms with van der Waals surface area (Å²) in [6.45, 7) is 0.283. The molecular weight excluding hydrogens is 506 g/mol. The molecule has 0 bridgehead atoms. The number of thiophene rings is 1. The molecule has 5 aromatic rings. The van der Waals surface area contributed by atoms with E-state index >= 15 is 0 Å². The van der Waals surface area contributed by atoms with E-state index in [0.29, 0.717) is 37.3 Å². The summed E-state index contributed by atoms with van der Waals surface area (Å²) in [6.07, 6.45) is 0. The van der Waals surface area contributed by atoms with Crippen LogP contribution < -0.4 is 20.5 Å². The second-order valence-corrected chi connectivity index (χ2v) is 9.67. The Morgan fingerprint density at radius 1 is 0.973 bits per heavy atom. The van der Waals surface area contributed by atoms with E-state index in [1.165, 1.54) is 11.3 Å². The lowest BCUT2D eigenvalue weighted by Crippen LogP contribution is -2.22.